The third-order valence-corrected chi connectivity index (χ3v) is 5.78. The molecule has 1 aliphatic heterocycles. The van der Waals surface area contributed by atoms with Crippen LogP contribution in [0.4, 0.5) is 5.69 Å². The van der Waals surface area contributed by atoms with E-state index in [4.69, 9.17) is 4.74 Å². The first kappa shape index (κ1) is 19.2. The maximum atomic E-state index is 12.8. The SMILES string of the molecule is CC[C@@H](NC(=O)[C@H]1CN(S(C)(=O)=O)c2ccccc2O1)c1ccc(C)cc1. The molecule has 0 spiro atoms. The number of carbonyl (C=O) groups excluding carboxylic acids is 1. The van der Waals surface area contributed by atoms with Gasteiger partial charge in [0.15, 0.2) is 6.10 Å². The first-order valence-electron chi connectivity index (χ1n) is 8.90. The van der Waals surface area contributed by atoms with Gasteiger partial charge in [0.1, 0.15) is 5.75 Å². The van der Waals surface area contributed by atoms with Crippen LogP contribution in [0.2, 0.25) is 0 Å². The van der Waals surface area contributed by atoms with Crippen LogP contribution in [0, 0.1) is 6.92 Å². The third-order valence-electron chi connectivity index (χ3n) is 4.63. The zero-order chi connectivity index (χ0) is 19.6. The Bertz CT molecular complexity index is 925. The normalized spacial score (nSPS) is 17.6. The number of aryl methyl sites for hydroxylation is 1. The Labute approximate surface area is 160 Å². The number of fused-ring (bicyclic) bond motifs is 1. The van der Waals surface area contributed by atoms with Crippen molar-refractivity contribution in [2.24, 2.45) is 0 Å². The maximum absolute atomic E-state index is 12.8. The van der Waals surface area contributed by atoms with Gasteiger partial charge in [0.2, 0.25) is 10.0 Å². The third kappa shape index (κ3) is 4.24. The van der Waals surface area contributed by atoms with Gasteiger partial charge < -0.3 is 10.1 Å². The van der Waals surface area contributed by atoms with Crippen LogP contribution in [0.3, 0.4) is 0 Å². The van der Waals surface area contributed by atoms with Crippen molar-refractivity contribution in [2.75, 3.05) is 17.1 Å². The fraction of sp³-hybridized carbons (Fsp3) is 0.350. The lowest BCUT2D eigenvalue weighted by atomic mass is 10.0. The van der Waals surface area contributed by atoms with Crippen LogP contribution >= 0.6 is 0 Å². The Hall–Kier alpha value is -2.54. The van der Waals surface area contributed by atoms with Gasteiger partial charge in [-0.3, -0.25) is 9.10 Å². The van der Waals surface area contributed by atoms with Crippen molar-refractivity contribution in [3.63, 3.8) is 0 Å². The van der Waals surface area contributed by atoms with Crippen molar-refractivity contribution in [3.8, 4) is 5.75 Å². The van der Waals surface area contributed by atoms with Crippen molar-refractivity contribution in [3.05, 3.63) is 59.7 Å². The second kappa shape index (κ2) is 7.60. The number of anilines is 1. The van der Waals surface area contributed by atoms with Gasteiger partial charge in [0, 0.05) is 0 Å². The summed E-state index contributed by atoms with van der Waals surface area (Å²) in [5.41, 5.74) is 2.61. The van der Waals surface area contributed by atoms with E-state index < -0.39 is 16.1 Å². The summed E-state index contributed by atoms with van der Waals surface area (Å²) >= 11 is 0. The number of para-hydroxylation sites is 2. The molecule has 0 aliphatic carbocycles. The van der Waals surface area contributed by atoms with Gasteiger partial charge in [-0.25, -0.2) is 8.42 Å². The van der Waals surface area contributed by atoms with E-state index in [0.717, 1.165) is 17.4 Å². The molecule has 27 heavy (non-hydrogen) atoms. The van der Waals surface area contributed by atoms with E-state index in [1.165, 1.54) is 4.31 Å². The summed E-state index contributed by atoms with van der Waals surface area (Å²) < 4.78 is 31.4. The molecular formula is C20H24N2O4S. The number of sulfonamides is 1. The highest BCUT2D eigenvalue weighted by atomic mass is 32.2. The molecule has 0 saturated heterocycles. The zero-order valence-electron chi connectivity index (χ0n) is 15.7. The predicted molar refractivity (Wildman–Crippen MR) is 105 cm³/mol. The fourth-order valence-corrected chi connectivity index (χ4v) is 4.05. The van der Waals surface area contributed by atoms with Crippen molar-refractivity contribution < 1.29 is 17.9 Å². The van der Waals surface area contributed by atoms with Gasteiger partial charge in [-0.15, -0.1) is 0 Å². The van der Waals surface area contributed by atoms with Crippen LogP contribution in [0.15, 0.2) is 48.5 Å². The highest BCUT2D eigenvalue weighted by Gasteiger charge is 2.35. The minimum absolute atomic E-state index is 0.0496. The number of nitrogens with zero attached hydrogens (tertiary/aromatic N) is 1. The molecule has 2 atom stereocenters. The van der Waals surface area contributed by atoms with Crippen molar-refractivity contribution in [2.45, 2.75) is 32.4 Å². The molecule has 1 N–H and O–H groups in total. The molecule has 2 aromatic carbocycles. The van der Waals surface area contributed by atoms with Crippen LogP contribution in [0.5, 0.6) is 5.75 Å². The van der Waals surface area contributed by atoms with Gasteiger partial charge in [0.25, 0.3) is 5.91 Å². The van der Waals surface area contributed by atoms with Crippen molar-refractivity contribution in [1.82, 2.24) is 5.32 Å². The summed E-state index contributed by atoms with van der Waals surface area (Å²) in [7, 11) is -3.52. The Balaban J connectivity index is 1.81. The molecule has 1 heterocycles. The van der Waals surface area contributed by atoms with Crippen LogP contribution in [-0.4, -0.2) is 33.2 Å². The molecule has 1 aliphatic rings. The van der Waals surface area contributed by atoms with Gasteiger partial charge in [-0.05, 0) is 31.0 Å². The fourth-order valence-electron chi connectivity index (χ4n) is 3.14. The predicted octanol–water partition coefficient (Wildman–Crippen LogP) is 2.79. The van der Waals surface area contributed by atoms with Crippen LogP contribution in [0.25, 0.3) is 0 Å². The molecule has 0 bridgehead atoms. The minimum Gasteiger partial charge on any atom is -0.476 e. The van der Waals surface area contributed by atoms with Crippen LogP contribution in [-0.2, 0) is 14.8 Å². The summed E-state index contributed by atoms with van der Waals surface area (Å²) in [6.45, 7) is 3.95. The molecule has 2 aromatic rings. The van der Waals surface area contributed by atoms with E-state index in [2.05, 4.69) is 5.32 Å². The molecule has 1 amide bonds. The van der Waals surface area contributed by atoms with E-state index in [1.54, 1.807) is 24.3 Å². The van der Waals surface area contributed by atoms with E-state index in [-0.39, 0.29) is 18.5 Å². The van der Waals surface area contributed by atoms with Gasteiger partial charge >= 0.3 is 0 Å². The summed E-state index contributed by atoms with van der Waals surface area (Å²) in [5.74, 6) is 0.0586. The number of hydrogen-bond acceptors (Lipinski definition) is 4. The number of nitrogens with one attached hydrogen (secondary N) is 1. The van der Waals surface area contributed by atoms with E-state index in [9.17, 15) is 13.2 Å². The number of hydrogen-bond donors (Lipinski definition) is 1. The number of carbonyl (C=O) groups is 1. The molecule has 0 aromatic heterocycles. The highest BCUT2D eigenvalue weighted by molar-refractivity contribution is 7.92. The van der Waals surface area contributed by atoms with Gasteiger partial charge in [0.05, 0.1) is 24.5 Å². The van der Waals surface area contributed by atoms with Crippen LogP contribution in [0.1, 0.15) is 30.5 Å². The van der Waals surface area contributed by atoms with Crippen molar-refractivity contribution in [1.29, 1.82) is 0 Å². The average Bonchev–Trinajstić information content (AvgIpc) is 2.65. The van der Waals surface area contributed by atoms with Crippen LogP contribution < -0.4 is 14.4 Å². The smallest absolute Gasteiger partial charge is 0.263 e. The zero-order valence-corrected chi connectivity index (χ0v) is 16.5. The summed E-state index contributed by atoms with van der Waals surface area (Å²) in [6.07, 6.45) is 0.938. The van der Waals surface area contributed by atoms with Gasteiger partial charge in [-0.1, -0.05) is 48.9 Å². The maximum Gasteiger partial charge on any atom is 0.263 e. The molecule has 0 saturated carbocycles. The monoisotopic (exact) mass is 388 g/mol. The lowest BCUT2D eigenvalue weighted by Crippen LogP contribution is -2.51. The molecule has 0 radical (unpaired) electrons. The number of amides is 1. The summed E-state index contributed by atoms with van der Waals surface area (Å²) in [6, 6.07) is 14.7. The Morgan fingerprint density at radius 2 is 1.89 bits per heavy atom. The standard InChI is InChI=1S/C20H24N2O4S/c1-4-16(15-11-9-14(2)10-12-15)21-20(23)19-13-22(27(3,24)25)17-7-5-6-8-18(17)26-19/h5-12,16,19H,4,13H2,1-3H3,(H,21,23)/t16-,19-/m1/s1. The molecular weight excluding hydrogens is 364 g/mol. The Morgan fingerprint density at radius 3 is 2.52 bits per heavy atom. The Kier molecular flexibility index (Phi) is 5.41. The topological polar surface area (TPSA) is 75.7 Å². The number of ether oxygens (including phenoxy) is 1. The molecule has 144 valence electrons. The lowest BCUT2D eigenvalue weighted by Gasteiger charge is -2.34. The second-order valence-corrected chi connectivity index (χ2v) is 8.66. The molecule has 7 heteroatoms. The summed E-state index contributed by atoms with van der Waals surface area (Å²) in [4.78, 5) is 12.8. The summed E-state index contributed by atoms with van der Waals surface area (Å²) in [5, 5.41) is 2.99. The number of rotatable bonds is 5. The van der Waals surface area contributed by atoms with Gasteiger partial charge in [-0.2, -0.15) is 0 Å². The highest BCUT2D eigenvalue weighted by Crippen LogP contribution is 2.34. The molecule has 0 fully saturated rings. The lowest BCUT2D eigenvalue weighted by molar-refractivity contribution is -0.128. The second-order valence-electron chi connectivity index (χ2n) is 6.75. The number of benzene rings is 2. The molecule has 6 nitrogen and oxygen atoms in total. The Morgan fingerprint density at radius 1 is 1.22 bits per heavy atom. The quantitative estimate of drug-likeness (QED) is 0.855. The van der Waals surface area contributed by atoms with Crippen molar-refractivity contribution >= 4 is 21.6 Å². The van der Waals surface area contributed by atoms with E-state index >= 15 is 0 Å². The minimum atomic E-state index is -3.52. The first-order chi connectivity index (χ1) is 12.8. The largest absolute Gasteiger partial charge is 0.476 e. The van der Waals surface area contributed by atoms with E-state index in [0.29, 0.717) is 17.9 Å². The molecule has 3 rings (SSSR count). The molecule has 0 unspecified atom stereocenters. The first-order valence-corrected chi connectivity index (χ1v) is 10.7. The van der Waals surface area contributed by atoms with E-state index in [1.807, 2.05) is 38.1 Å². The average molecular weight is 388 g/mol.